The number of fused-ring (bicyclic) bond motifs is 1. The lowest BCUT2D eigenvalue weighted by Gasteiger charge is -2.36. The molecule has 0 aromatic rings. The molecule has 17 heavy (non-hydrogen) atoms. The molecule has 0 bridgehead atoms. The minimum Gasteiger partial charge on any atom is -0.444 e. The van der Waals surface area contributed by atoms with E-state index in [0.717, 1.165) is 13.0 Å². The standard InChI is InChI=1S/C13H22BrNO2/c1-13(2,3)17-12(16)15-8-7-9-5-4-6-10(14)11(9)15/h9-11H,4-8H2,1-3H3. The van der Waals surface area contributed by atoms with Crippen LogP contribution in [0.1, 0.15) is 46.5 Å². The van der Waals surface area contributed by atoms with E-state index in [-0.39, 0.29) is 6.09 Å². The summed E-state index contributed by atoms with van der Waals surface area (Å²) in [5, 5.41) is 0. The number of alkyl halides is 1. The SMILES string of the molecule is CC(C)(C)OC(=O)N1CCC2CCCC(Br)C21. The molecule has 4 heteroatoms. The number of carbonyl (C=O) groups is 1. The molecule has 0 N–H and O–H groups in total. The van der Waals surface area contributed by atoms with E-state index in [0.29, 0.717) is 16.8 Å². The average Bonchev–Trinajstić information content (AvgIpc) is 2.60. The van der Waals surface area contributed by atoms with Gasteiger partial charge in [0.2, 0.25) is 0 Å². The first-order valence-electron chi connectivity index (χ1n) is 6.52. The van der Waals surface area contributed by atoms with Crippen molar-refractivity contribution in [2.24, 2.45) is 5.92 Å². The third-order valence-electron chi connectivity index (χ3n) is 3.64. The third kappa shape index (κ3) is 2.95. The summed E-state index contributed by atoms with van der Waals surface area (Å²) in [7, 11) is 0. The van der Waals surface area contributed by atoms with E-state index in [1.807, 2.05) is 25.7 Å². The number of carbonyl (C=O) groups excluding carboxylic acids is 1. The molecule has 1 amide bonds. The number of halogens is 1. The minimum absolute atomic E-state index is 0.142. The number of hydrogen-bond donors (Lipinski definition) is 0. The van der Waals surface area contributed by atoms with Crippen LogP contribution in [0.3, 0.4) is 0 Å². The summed E-state index contributed by atoms with van der Waals surface area (Å²) in [5.41, 5.74) is -0.397. The van der Waals surface area contributed by atoms with Crippen molar-refractivity contribution >= 4 is 22.0 Å². The molecule has 1 saturated carbocycles. The second kappa shape index (κ2) is 4.79. The lowest BCUT2D eigenvalue weighted by atomic mass is 9.85. The maximum Gasteiger partial charge on any atom is 0.410 e. The highest BCUT2D eigenvalue weighted by Gasteiger charge is 2.44. The Morgan fingerprint density at radius 3 is 2.65 bits per heavy atom. The predicted octanol–water partition coefficient (Wildman–Crippen LogP) is 3.56. The molecule has 3 unspecified atom stereocenters. The molecule has 1 saturated heterocycles. The summed E-state index contributed by atoms with van der Waals surface area (Å²) < 4.78 is 5.49. The smallest absolute Gasteiger partial charge is 0.410 e. The predicted molar refractivity (Wildman–Crippen MR) is 71.4 cm³/mol. The maximum absolute atomic E-state index is 12.1. The van der Waals surface area contributed by atoms with Gasteiger partial charge in [0.05, 0.1) is 6.04 Å². The fourth-order valence-corrected chi connectivity index (χ4v) is 4.01. The van der Waals surface area contributed by atoms with Crippen molar-refractivity contribution in [3.63, 3.8) is 0 Å². The van der Waals surface area contributed by atoms with Gasteiger partial charge in [-0.2, -0.15) is 0 Å². The quantitative estimate of drug-likeness (QED) is 0.640. The summed E-state index contributed by atoms with van der Waals surface area (Å²) >= 11 is 3.73. The first-order valence-corrected chi connectivity index (χ1v) is 7.44. The Bertz CT molecular complexity index is 300. The fourth-order valence-electron chi connectivity index (χ4n) is 2.96. The first-order chi connectivity index (χ1) is 7.88. The van der Waals surface area contributed by atoms with Crippen LogP contribution in [-0.4, -0.2) is 34.0 Å². The van der Waals surface area contributed by atoms with Gasteiger partial charge >= 0.3 is 6.09 Å². The zero-order valence-electron chi connectivity index (χ0n) is 10.9. The average molecular weight is 304 g/mol. The van der Waals surface area contributed by atoms with Crippen LogP contribution in [-0.2, 0) is 4.74 Å². The van der Waals surface area contributed by atoms with Crippen molar-refractivity contribution in [1.82, 2.24) is 4.90 Å². The van der Waals surface area contributed by atoms with Crippen LogP contribution >= 0.6 is 15.9 Å². The molecule has 1 heterocycles. The summed E-state index contributed by atoms with van der Waals surface area (Å²) in [6, 6.07) is 0.346. The molecule has 1 aliphatic heterocycles. The molecule has 2 aliphatic rings. The molecule has 1 aliphatic carbocycles. The van der Waals surface area contributed by atoms with Crippen LogP contribution in [0, 0.1) is 5.92 Å². The van der Waals surface area contributed by atoms with Crippen LogP contribution in [0.15, 0.2) is 0 Å². The van der Waals surface area contributed by atoms with Crippen molar-refractivity contribution in [2.45, 2.75) is 62.9 Å². The lowest BCUT2D eigenvalue weighted by molar-refractivity contribution is 0.0191. The molecular formula is C13H22BrNO2. The molecule has 3 nitrogen and oxygen atoms in total. The fraction of sp³-hybridized carbons (Fsp3) is 0.923. The molecule has 0 radical (unpaired) electrons. The van der Waals surface area contributed by atoms with E-state index >= 15 is 0 Å². The molecular weight excluding hydrogens is 282 g/mol. The van der Waals surface area contributed by atoms with Crippen LogP contribution < -0.4 is 0 Å². The van der Waals surface area contributed by atoms with Gasteiger partial charge in [-0.25, -0.2) is 4.79 Å². The van der Waals surface area contributed by atoms with Crippen LogP contribution in [0.25, 0.3) is 0 Å². The Kier molecular flexibility index (Phi) is 3.71. The molecule has 98 valence electrons. The Labute approximate surface area is 112 Å². The Hall–Kier alpha value is -0.250. The monoisotopic (exact) mass is 303 g/mol. The Morgan fingerprint density at radius 2 is 2.00 bits per heavy atom. The second-order valence-corrected chi connectivity index (χ2v) is 7.34. The van der Waals surface area contributed by atoms with Gasteiger partial charge in [-0.1, -0.05) is 22.4 Å². The maximum atomic E-state index is 12.1. The number of nitrogens with zero attached hydrogens (tertiary/aromatic N) is 1. The summed E-state index contributed by atoms with van der Waals surface area (Å²) in [6.07, 6.45) is 4.69. The minimum atomic E-state index is -0.397. The normalized spacial score (nSPS) is 33.4. The molecule has 0 aromatic heterocycles. The van der Waals surface area contributed by atoms with E-state index in [9.17, 15) is 4.79 Å². The van der Waals surface area contributed by atoms with E-state index in [1.54, 1.807) is 0 Å². The van der Waals surface area contributed by atoms with E-state index in [1.165, 1.54) is 19.3 Å². The van der Waals surface area contributed by atoms with E-state index < -0.39 is 5.60 Å². The Balaban J connectivity index is 2.04. The van der Waals surface area contributed by atoms with Crippen molar-refractivity contribution in [3.8, 4) is 0 Å². The highest BCUT2D eigenvalue weighted by molar-refractivity contribution is 9.09. The van der Waals surface area contributed by atoms with Gasteiger partial charge in [0.25, 0.3) is 0 Å². The topological polar surface area (TPSA) is 29.5 Å². The number of hydrogen-bond acceptors (Lipinski definition) is 2. The first kappa shape index (κ1) is 13.2. The van der Waals surface area contributed by atoms with Crippen molar-refractivity contribution in [2.75, 3.05) is 6.54 Å². The molecule has 0 aromatic carbocycles. The summed E-state index contributed by atoms with van der Waals surface area (Å²) in [4.78, 5) is 14.5. The zero-order chi connectivity index (χ0) is 12.6. The number of rotatable bonds is 0. The van der Waals surface area contributed by atoms with Gasteiger partial charge in [0, 0.05) is 11.4 Å². The molecule has 0 spiro atoms. The van der Waals surface area contributed by atoms with Crippen molar-refractivity contribution in [1.29, 1.82) is 0 Å². The van der Waals surface area contributed by atoms with Gasteiger partial charge in [-0.3, -0.25) is 0 Å². The van der Waals surface area contributed by atoms with Gasteiger partial charge < -0.3 is 9.64 Å². The highest BCUT2D eigenvalue weighted by Crippen LogP contribution is 2.40. The molecule has 2 fully saturated rings. The third-order valence-corrected chi connectivity index (χ3v) is 4.64. The lowest BCUT2D eigenvalue weighted by Crippen LogP contribution is -2.47. The second-order valence-electron chi connectivity index (χ2n) is 6.16. The van der Waals surface area contributed by atoms with E-state index in [2.05, 4.69) is 15.9 Å². The number of amides is 1. The zero-order valence-corrected chi connectivity index (χ0v) is 12.5. The van der Waals surface area contributed by atoms with Crippen LogP contribution in [0.2, 0.25) is 0 Å². The highest BCUT2D eigenvalue weighted by atomic mass is 79.9. The largest absolute Gasteiger partial charge is 0.444 e. The van der Waals surface area contributed by atoms with Crippen molar-refractivity contribution < 1.29 is 9.53 Å². The van der Waals surface area contributed by atoms with E-state index in [4.69, 9.17) is 4.74 Å². The molecule has 3 atom stereocenters. The van der Waals surface area contributed by atoms with Gasteiger partial charge in [-0.15, -0.1) is 0 Å². The summed E-state index contributed by atoms with van der Waals surface area (Å²) in [6.45, 7) is 6.62. The van der Waals surface area contributed by atoms with Gasteiger partial charge in [0.15, 0.2) is 0 Å². The number of ether oxygens (including phenoxy) is 1. The Morgan fingerprint density at radius 1 is 1.29 bits per heavy atom. The van der Waals surface area contributed by atoms with Crippen molar-refractivity contribution in [3.05, 3.63) is 0 Å². The van der Waals surface area contributed by atoms with Gasteiger partial charge in [0.1, 0.15) is 5.60 Å². The van der Waals surface area contributed by atoms with Crippen LogP contribution in [0.4, 0.5) is 4.79 Å². The summed E-state index contributed by atoms with van der Waals surface area (Å²) in [5.74, 6) is 0.667. The van der Waals surface area contributed by atoms with Gasteiger partial charge in [-0.05, 0) is 46.0 Å². The van der Waals surface area contributed by atoms with Crippen LogP contribution in [0.5, 0.6) is 0 Å². The molecule has 2 rings (SSSR count). The number of likely N-dealkylation sites (tertiary alicyclic amines) is 1.